The van der Waals surface area contributed by atoms with Crippen LogP contribution in [-0.2, 0) is 9.59 Å². The van der Waals surface area contributed by atoms with Crippen LogP contribution in [0.1, 0.15) is 16.8 Å². The second kappa shape index (κ2) is 8.62. The zero-order valence-electron chi connectivity index (χ0n) is 14.9. The Hall–Kier alpha value is -3.67. The zero-order chi connectivity index (χ0) is 19.1. The first-order valence-corrected chi connectivity index (χ1v) is 8.53. The highest BCUT2D eigenvalue weighted by Gasteiger charge is 2.06. The molecule has 0 unspecified atom stereocenters. The average molecular weight is 360 g/mol. The Bertz CT molecular complexity index is 1000. The number of nitrogens with one attached hydrogen (secondary N) is 3. The molecule has 6 heteroatoms. The minimum atomic E-state index is -0.398. The van der Waals surface area contributed by atoms with Crippen LogP contribution in [0.25, 0.3) is 17.0 Å². The first-order chi connectivity index (χ1) is 13.1. The summed E-state index contributed by atoms with van der Waals surface area (Å²) in [7, 11) is 0. The number of aromatic nitrogens is 1. The molecule has 0 aliphatic rings. The fraction of sp³-hybridized carbons (Fsp3) is 0.0952. The maximum absolute atomic E-state index is 11.8. The van der Waals surface area contributed by atoms with Gasteiger partial charge in [0.15, 0.2) is 0 Å². The molecule has 2 aromatic carbocycles. The second-order valence-electron chi connectivity index (χ2n) is 5.96. The van der Waals surface area contributed by atoms with Gasteiger partial charge in [-0.1, -0.05) is 48.5 Å². The fourth-order valence-electron chi connectivity index (χ4n) is 2.64. The Kier molecular flexibility index (Phi) is 5.79. The number of fused-ring (bicyclic) bond motifs is 1. The number of benzene rings is 2. The third kappa shape index (κ3) is 4.92. The molecule has 2 amide bonds. The Morgan fingerprint density at radius 1 is 1.07 bits per heavy atom. The summed E-state index contributed by atoms with van der Waals surface area (Å²) < 4.78 is 0. The van der Waals surface area contributed by atoms with Crippen LogP contribution in [0.4, 0.5) is 0 Å². The number of carbonyl (C=O) groups excluding carboxylic acids is 2. The largest absolute Gasteiger partial charge is 0.358 e. The van der Waals surface area contributed by atoms with E-state index in [4.69, 9.17) is 0 Å². The maximum Gasteiger partial charge on any atom is 0.259 e. The Labute approximate surface area is 157 Å². The van der Waals surface area contributed by atoms with E-state index in [0.29, 0.717) is 0 Å². The molecule has 0 aliphatic carbocycles. The van der Waals surface area contributed by atoms with Crippen LogP contribution >= 0.6 is 0 Å². The van der Waals surface area contributed by atoms with E-state index < -0.39 is 5.91 Å². The van der Waals surface area contributed by atoms with Crippen molar-refractivity contribution in [1.29, 1.82) is 0 Å². The van der Waals surface area contributed by atoms with Crippen molar-refractivity contribution >= 4 is 35.0 Å². The van der Waals surface area contributed by atoms with Crippen molar-refractivity contribution in [3.8, 4) is 0 Å². The molecule has 0 radical (unpaired) electrons. The first kappa shape index (κ1) is 18.1. The van der Waals surface area contributed by atoms with Crippen LogP contribution < -0.4 is 10.7 Å². The van der Waals surface area contributed by atoms with Crippen molar-refractivity contribution in [3.63, 3.8) is 0 Å². The van der Waals surface area contributed by atoms with E-state index in [1.54, 1.807) is 12.3 Å². The molecule has 1 aromatic heterocycles. The maximum atomic E-state index is 11.8. The number of aromatic amines is 1. The average Bonchev–Trinajstić information content (AvgIpc) is 3.01. The van der Waals surface area contributed by atoms with E-state index in [1.807, 2.05) is 61.5 Å². The molecule has 0 atom stereocenters. The van der Waals surface area contributed by atoms with E-state index >= 15 is 0 Å². The molecule has 0 aliphatic heterocycles. The highest BCUT2D eigenvalue weighted by molar-refractivity contribution is 6.01. The number of nitrogens with zero attached hydrogens (tertiary/aromatic N) is 1. The van der Waals surface area contributed by atoms with Gasteiger partial charge in [-0.25, -0.2) is 5.43 Å². The van der Waals surface area contributed by atoms with Gasteiger partial charge in [0, 0.05) is 28.2 Å². The topological polar surface area (TPSA) is 86.3 Å². The second-order valence-corrected chi connectivity index (χ2v) is 5.96. The molecule has 0 saturated heterocycles. The summed E-state index contributed by atoms with van der Waals surface area (Å²) in [6.07, 6.45) is 4.68. The lowest BCUT2D eigenvalue weighted by Crippen LogP contribution is -2.34. The molecule has 6 nitrogen and oxygen atoms in total. The summed E-state index contributed by atoms with van der Waals surface area (Å²) in [5, 5.41) is 7.54. The van der Waals surface area contributed by atoms with Crippen molar-refractivity contribution in [3.05, 3.63) is 77.5 Å². The molecule has 1 heterocycles. The summed E-state index contributed by atoms with van der Waals surface area (Å²) in [5.41, 5.74) is 6.23. The lowest BCUT2D eigenvalue weighted by atomic mass is 10.1. The minimum Gasteiger partial charge on any atom is -0.358 e. The van der Waals surface area contributed by atoms with Crippen molar-refractivity contribution < 1.29 is 9.59 Å². The van der Waals surface area contributed by atoms with Crippen molar-refractivity contribution in [2.24, 2.45) is 5.10 Å². The number of amides is 2. The molecule has 0 saturated carbocycles. The number of para-hydroxylation sites is 1. The SMILES string of the molecule is Cc1[nH]c2ccccc2c1/C=N/NC(=O)CNC(=O)C=Cc1ccccc1. The number of hydrogen-bond acceptors (Lipinski definition) is 3. The normalized spacial score (nSPS) is 11.3. The van der Waals surface area contributed by atoms with Gasteiger partial charge >= 0.3 is 0 Å². The number of carbonyl (C=O) groups is 2. The van der Waals surface area contributed by atoms with Crippen LogP contribution in [0.5, 0.6) is 0 Å². The smallest absolute Gasteiger partial charge is 0.259 e. The molecule has 27 heavy (non-hydrogen) atoms. The minimum absolute atomic E-state index is 0.151. The summed E-state index contributed by atoms with van der Waals surface area (Å²) in [6, 6.07) is 17.3. The van der Waals surface area contributed by atoms with Gasteiger partial charge in [-0.05, 0) is 24.6 Å². The third-order valence-electron chi connectivity index (χ3n) is 3.98. The Morgan fingerprint density at radius 3 is 2.63 bits per heavy atom. The third-order valence-corrected chi connectivity index (χ3v) is 3.98. The molecule has 3 aromatic rings. The number of H-pyrrole nitrogens is 1. The number of rotatable bonds is 6. The lowest BCUT2D eigenvalue weighted by molar-refractivity contribution is -0.123. The van der Waals surface area contributed by atoms with Crippen LogP contribution in [-0.4, -0.2) is 29.6 Å². The van der Waals surface area contributed by atoms with Crippen molar-refractivity contribution in [2.45, 2.75) is 6.92 Å². The summed E-state index contributed by atoms with van der Waals surface area (Å²) in [4.78, 5) is 26.8. The van der Waals surface area contributed by atoms with Gasteiger partial charge in [0.05, 0.1) is 12.8 Å². The van der Waals surface area contributed by atoms with Gasteiger partial charge in [-0.15, -0.1) is 0 Å². The predicted octanol–water partition coefficient (Wildman–Crippen LogP) is 2.76. The fourth-order valence-corrected chi connectivity index (χ4v) is 2.64. The molecule has 0 fully saturated rings. The van der Waals surface area contributed by atoms with Gasteiger partial charge in [-0.2, -0.15) is 5.10 Å². The molecule has 3 rings (SSSR count). The number of hydrogen-bond donors (Lipinski definition) is 3. The number of hydrazone groups is 1. The van der Waals surface area contributed by atoms with Gasteiger partial charge in [0.2, 0.25) is 5.91 Å². The van der Waals surface area contributed by atoms with Crippen LogP contribution in [0.2, 0.25) is 0 Å². The molecule has 0 spiro atoms. The van der Waals surface area contributed by atoms with Crippen LogP contribution in [0.15, 0.2) is 65.8 Å². The van der Waals surface area contributed by atoms with Gasteiger partial charge in [0.1, 0.15) is 0 Å². The van der Waals surface area contributed by atoms with Crippen molar-refractivity contribution in [2.75, 3.05) is 6.54 Å². The summed E-state index contributed by atoms with van der Waals surface area (Å²) in [5.74, 6) is -0.740. The van der Waals surface area contributed by atoms with Gasteiger partial charge in [-0.3, -0.25) is 9.59 Å². The Morgan fingerprint density at radius 2 is 1.81 bits per heavy atom. The zero-order valence-corrected chi connectivity index (χ0v) is 14.9. The molecule has 136 valence electrons. The van der Waals surface area contributed by atoms with E-state index in [1.165, 1.54) is 6.08 Å². The quantitative estimate of drug-likeness (QED) is 0.359. The van der Waals surface area contributed by atoms with E-state index in [-0.39, 0.29) is 12.5 Å². The summed E-state index contributed by atoms with van der Waals surface area (Å²) in [6.45, 7) is 1.80. The Balaban J connectivity index is 1.49. The first-order valence-electron chi connectivity index (χ1n) is 8.53. The van der Waals surface area contributed by atoms with Gasteiger partial charge < -0.3 is 10.3 Å². The van der Waals surface area contributed by atoms with Crippen LogP contribution in [0, 0.1) is 6.92 Å². The molecular formula is C21H20N4O2. The van der Waals surface area contributed by atoms with Crippen molar-refractivity contribution in [1.82, 2.24) is 15.7 Å². The van der Waals surface area contributed by atoms with E-state index in [2.05, 4.69) is 20.8 Å². The highest BCUT2D eigenvalue weighted by atomic mass is 16.2. The molecular weight excluding hydrogens is 340 g/mol. The highest BCUT2D eigenvalue weighted by Crippen LogP contribution is 2.19. The van der Waals surface area contributed by atoms with E-state index in [9.17, 15) is 9.59 Å². The van der Waals surface area contributed by atoms with E-state index in [0.717, 1.165) is 27.7 Å². The lowest BCUT2D eigenvalue weighted by Gasteiger charge is -2.01. The monoisotopic (exact) mass is 360 g/mol. The molecule has 3 N–H and O–H groups in total. The summed E-state index contributed by atoms with van der Waals surface area (Å²) >= 11 is 0. The van der Waals surface area contributed by atoms with Crippen LogP contribution in [0.3, 0.4) is 0 Å². The standard InChI is InChI=1S/C21H20N4O2/c1-15-18(17-9-5-6-10-19(17)24-15)13-23-25-21(27)14-22-20(26)12-11-16-7-3-2-4-8-16/h2-13,24H,14H2,1H3,(H,22,26)(H,25,27)/b12-11?,23-13+. The molecule has 0 bridgehead atoms. The number of aryl methyl sites for hydroxylation is 1. The predicted molar refractivity (Wildman–Crippen MR) is 107 cm³/mol. The van der Waals surface area contributed by atoms with Gasteiger partial charge in [0.25, 0.3) is 5.91 Å².